The van der Waals surface area contributed by atoms with Gasteiger partial charge >= 0.3 is 0 Å². The van der Waals surface area contributed by atoms with Gasteiger partial charge in [0, 0.05) is 16.7 Å². The zero-order valence-corrected chi connectivity index (χ0v) is 37.9. The Bertz CT molecular complexity index is 4040. The lowest BCUT2D eigenvalue weighted by molar-refractivity contribution is 1.07. The van der Waals surface area contributed by atoms with Crippen LogP contribution in [0, 0.1) is 11.3 Å². The van der Waals surface area contributed by atoms with Crippen LogP contribution in [-0.4, -0.2) is 15.0 Å². The topological polar surface area (TPSA) is 62.5 Å². The molecule has 1 heterocycles. The molecule has 1 aromatic heterocycles. The van der Waals surface area contributed by atoms with Crippen LogP contribution in [0.3, 0.4) is 0 Å². The van der Waals surface area contributed by atoms with Gasteiger partial charge in [0.1, 0.15) is 0 Å². The molecule has 0 spiro atoms. The molecule has 4 nitrogen and oxygen atoms in total. The molecule has 0 bridgehead atoms. The smallest absolute Gasteiger partial charge is 0.164 e. The molecule has 0 atom stereocenters. The summed E-state index contributed by atoms with van der Waals surface area (Å²) in [5.74, 6) is 1.82. The van der Waals surface area contributed by atoms with Crippen LogP contribution in [0.15, 0.2) is 243 Å². The Morgan fingerprint density at radius 1 is 0.257 bits per heavy atom. The predicted octanol–water partition coefficient (Wildman–Crippen LogP) is 17.0. The molecule has 1 aliphatic rings. The van der Waals surface area contributed by atoms with Crippen molar-refractivity contribution in [3.05, 3.63) is 248 Å². The van der Waals surface area contributed by atoms with Gasteiger partial charge in [0.15, 0.2) is 17.5 Å². The summed E-state index contributed by atoms with van der Waals surface area (Å²) >= 11 is 0. The van der Waals surface area contributed by atoms with E-state index < -0.39 is 0 Å². The van der Waals surface area contributed by atoms with Crippen LogP contribution >= 0.6 is 0 Å². The van der Waals surface area contributed by atoms with E-state index in [-0.39, 0.29) is 0 Å². The van der Waals surface area contributed by atoms with Crippen molar-refractivity contribution in [3.63, 3.8) is 0 Å². The SMILES string of the molecule is N#Cc1cc(-c2ccc(-c3cccc(-c4nc(-c5ccccc5)nc(-c5cccc(-c6cccc7ccccc67)c5)n4)c3)cc2)cc(-c2cccc(-c3ccc4c5c(cccc35)-c3ccccc3-4)c2)c1. The second-order valence-electron chi connectivity index (χ2n) is 17.9. The van der Waals surface area contributed by atoms with Gasteiger partial charge in [-0.1, -0.05) is 206 Å². The van der Waals surface area contributed by atoms with Gasteiger partial charge in [-0.2, -0.15) is 5.26 Å². The van der Waals surface area contributed by atoms with Crippen LogP contribution in [0.2, 0.25) is 0 Å². The van der Waals surface area contributed by atoms with Gasteiger partial charge in [-0.25, -0.2) is 15.0 Å². The lowest BCUT2D eigenvalue weighted by Crippen LogP contribution is -2.00. The van der Waals surface area contributed by atoms with Crippen LogP contribution in [0.5, 0.6) is 0 Å². The van der Waals surface area contributed by atoms with E-state index in [0.717, 1.165) is 66.8 Å². The quantitative estimate of drug-likeness (QED) is 0.152. The molecule has 12 aromatic rings. The summed E-state index contributed by atoms with van der Waals surface area (Å²) in [4.78, 5) is 15.3. The molecular weight excluding hydrogens is 849 g/mol. The molecule has 324 valence electrons. The first-order chi connectivity index (χ1) is 34.6. The minimum absolute atomic E-state index is 0.599. The fourth-order valence-electron chi connectivity index (χ4n) is 10.3. The molecule has 0 amide bonds. The van der Waals surface area contributed by atoms with Crippen molar-refractivity contribution in [2.24, 2.45) is 0 Å². The lowest BCUT2D eigenvalue weighted by Gasteiger charge is -2.13. The highest BCUT2D eigenvalue weighted by molar-refractivity contribution is 6.18. The molecule has 0 aliphatic heterocycles. The maximum Gasteiger partial charge on any atom is 0.164 e. The Kier molecular flexibility index (Phi) is 9.85. The van der Waals surface area contributed by atoms with E-state index in [0.29, 0.717) is 23.0 Å². The molecule has 0 saturated heterocycles. The monoisotopic (exact) mass is 888 g/mol. The summed E-state index contributed by atoms with van der Waals surface area (Å²) < 4.78 is 0. The molecule has 11 aromatic carbocycles. The summed E-state index contributed by atoms with van der Waals surface area (Å²) in [5.41, 5.74) is 19.3. The summed E-state index contributed by atoms with van der Waals surface area (Å²) in [6.07, 6.45) is 0. The van der Waals surface area contributed by atoms with Gasteiger partial charge in [0.05, 0.1) is 11.6 Å². The molecule has 0 N–H and O–H groups in total. The van der Waals surface area contributed by atoms with E-state index in [1.165, 1.54) is 49.4 Å². The Balaban J connectivity index is 0.823. The van der Waals surface area contributed by atoms with Crippen LogP contribution in [0.25, 0.3) is 134 Å². The van der Waals surface area contributed by atoms with E-state index in [2.05, 4.69) is 206 Å². The molecule has 1 aliphatic carbocycles. The molecular formula is C66H40N4. The molecule has 0 radical (unpaired) electrons. The van der Waals surface area contributed by atoms with Crippen LogP contribution in [0.4, 0.5) is 0 Å². The van der Waals surface area contributed by atoms with E-state index >= 15 is 0 Å². The highest BCUT2D eigenvalue weighted by atomic mass is 15.0. The Morgan fingerprint density at radius 2 is 0.657 bits per heavy atom. The number of benzene rings is 11. The second-order valence-corrected chi connectivity index (χ2v) is 17.9. The zero-order valence-electron chi connectivity index (χ0n) is 37.9. The fourth-order valence-corrected chi connectivity index (χ4v) is 10.3. The number of hydrogen-bond donors (Lipinski definition) is 0. The maximum atomic E-state index is 10.3. The molecule has 13 rings (SSSR count). The number of hydrogen-bond acceptors (Lipinski definition) is 4. The van der Waals surface area contributed by atoms with E-state index in [9.17, 15) is 5.26 Å². The van der Waals surface area contributed by atoms with Gasteiger partial charge < -0.3 is 0 Å². The van der Waals surface area contributed by atoms with Gasteiger partial charge in [-0.15, -0.1) is 0 Å². The van der Waals surface area contributed by atoms with Crippen LogP contribution in [0.1, 0.15) is 5.56 Å². The van der Waals surface area contributed by atoms with E-state index in [1.807, 2.05) is 42.5 Å². The molecule has 0 unspecified atom stereocenters. The number of nitrogens with zero attached hydrogens (tertiary/aromatic N) is 4. The highest BCUT2D eigenvalue weighted by Crippen LogP contribution is 2.49. The minimum Gasteiger partial charge on any atom is -0.208 e. The standard InChI is InChI=1S/C66H40N4/c67-41-42-35-53(40-54(36-42)48-18-8-19-49(37-48)57-33-34-62-59-25-7-6-24-58(59)61-28-12-27-60(57)63(61)62)44-31-29-43(30-32-44)47-17-9-21-51(38-47)65-68-64(46-14-2-1-3-15-46)69-66(70-65)52-22-10-20-50(39-52)56-26-11-16-45-13-4-5-23-55(45)56/h1-40H. The minimum atomic E-state index is 0.599. The van der Waals surface area contributed by atoms with Gasteiger partial charge in [-0.05, 0) is 136 Å². The average molecular weight is 889 g/mol. The summed E-state index contributed by atoms with van der Waals surface area (Å²) in [7, 11) is 0. The van der Waals surface area contributed by atoms with Crippen molar-refractivity contribution < 1.29 is 0 Å². The average Bonchev–Trinajstić information content (AvgIpc) is 3.77. The first-order valence-electron chi connectivity index (χ1n) is 23.5. The maximum absolute atomic E-state index is 10.3. The Labute approximate surface area is 406 Å². The van der Waals surface area contributed by atoms with Gasteiger partial charge in [-0.3, -0.25) is 0 Å². The van der Waals surface area contributed by atoms with Crippen molar-refractivity contribution in [3.8, 4) is 118 Å². The van der Waals surface area contributed by atoms with Crippen molar-refractivity contribution in [2.45, 2.75) is 0 Å². The third-order valence-electron chi connectivity index (χ3n) is 13.7. The van der Waals surface area contributed by atoms with E-state index in [4.69, 9.17) is 15.0 Å². The Morgan fingerprint density at radius 3 is 1.36 bits per heavy atom. The van der Waals surface area contributed by atoms with Crippen molar-refractivity contribution >= 4 is 21.5 Å². The van der Waals surface area contributed by atoms with Crippen molar-refractivity contribution in [1.82, 2.24) is 15.0 Å². The normalized spacial score (nSPS) is 11.4. The van der Waals surface area contributed by atoms with Gasteiger partial charge in [0.25, 0.3) is 0 Å². The first kappa shape index (κ1) is 40.7. The highest BCUT2D eigenvalue weighted by Gasteiger charge is 2.22. The van der Waals surface area contributed by atoms with Crippen LogP contribution in [-0.2, 0) is 0 Å². The molecule has 0 saturated carbocycles. The third-order valence-corrected chi connectivity index (χ3v) is 13.7. The predicted molar refractivity (Wildman–Crippen MR) is 287 cm³/mol. The van der Waals surface area contributed by atoms with Gasteiger partial charge in [0.2, 0.25) is 0 Å². The molecule has 4 heteroatoms. The summed E-state index contributed by atoms with van der Waals surface area (Å²) in [5, 5.41) is 15.2. The number of rotatable bonds is 8. The molecule has 70 heavy (non-hydrogen) atoms. The third kappa shape index (κ3) is 7.22. The Hall–Kier alpha value is -9.56. The lowest BCUT2D eigenvalue weighted by atomic mass is 9.91. The number of aromatic nitrogens is 3. The number of fused-ring (bicyclic) bond motifs is 4. The fraction of sp³-hybridized carbons (Fsp3) is 0. The second kappa shape index (κ2) is 16.9. The number of nitriles is 1. The van der Waals surface area contributed by atoms with Crippen LogP contribution < -0.4 is 0 Å². The van der Waals surface area contributed by atoms with Crippen molar-refractivity contribution in [2.75, 3.05) is 0 Å². The summed E-state index contributed by atoms with van der Waals surface area (Å²) in [6, 6.07) is 87.6. The largest absolute Gasteiger partial charge is 0.208 e. The summed E-state index contributed by atoms with van der Waals surface area (Å²) in [6.45, 7) is 0. The van der Waals surface area contributed by atoms with Crippen molar-refractivity contribution in [1.29, 1.82) is 5.26 Å². The first-order valence-corrected chi connectivity index (χ1v) is 23.5. The zero-order chi connectivity index (χ0) is 46.5. The molecule has 0 fully saturated rings. The van der Waals surface area contributed by atoms with E-state index in [1.54, 1.807) is 0 Å².